The summed E-state index contributed by atoms with van der Waals surface area (Å²) >= 11 is 0. The van der Waals surface area contributed by atoms with Crippen LogP contribution in [0.1, 0.15) is 25.7 Å². The minimum absolute atomic E-state index is 0.652. The summed E-state index contributed by atoms with van der Waals surface area (Å²) in [5.74, 6) is 0. The topological polar surface area (TPSA) is 6.48 Å². The van der Waals surface area contributed by atoms with E-state index >= 15 is 0 Å². The van der Waals surface area contributed by atoms with Crippen molar-refractivity contribution < 1.29 is 0 Å². The molecule has 0 atom stereocenters. The lowest BCUT2D eigenvalue weighted by Crippen LogP contribution is -2.39. The third-order valence-electron chi connectivity index (χ3n) is 2.18. The minimum atomic E-state index is 0.652. The van der Waals surface area contributed by atoms with Gasteiger partial charge in [0.1, 0.15) is 0 Å². The Balaban J connectivity index is 3.93. The standard InChI is InChI=1S/C13H22N2/c1-5-9-14(10-6-2)13-15(11-7-3)12-8-4/h1-4H,5-13H2. The average molecular weight is 206 g/mol. The van der Waals surface area contributed by atoms with Gasteiger partial charge in [0.25, 0.3) is 0 Å². The van der Waals surface area contributed by atoms with Crippen LogP contribution in [0.15, 0.2) is 0 Å². The number of nitrogens with zero attached hydrogens (tertiary/aromatic N) is 2. The molecule has 2 heteroatoms. The Bertz CT molecular complexity index is 99.7. The molecule has 0 unspecified atom stereocenters. The van der Waals surface area contributed by atoms with Crippen LogP contribution in [0.5, 0.6) is 0 Å². The Morgan fingerprint density at radius 3 is 1.00 bits per heavy atom. The van der Waals surface area contributed by atoms with E-state index in [1.54, 1.807) is 0 Å². The maximum atomic E-state index is 5.53. The van der Waals surface area contributed by atoms with E-state index in [1.807, 2.05) is 0 Å². The Morgan fingerprint density at radius 1 is 0.533 bits per heavy atom. The normalized spacial score (nSPS) is 11.6. The molecule has 0 fully saturated rings. The van der Waals surface area contributed by atoms with Crippen molar-refractivity contribution in [1.82, 2.24) is 9.80 Å². The third kappa shape index (κ3) is 7.80. The molecule has 0 rings (SSSR count). The lowest BCUT2D eigenvalue weighted by molar-refractivity contribution is 0.137. The van der Waals surface area contributed by atoms with Crippen LogP contribution in [-0.4, -0.2) is 42.6 Å². The Labute approximate surface area is 96.6 Å². The molecule has 0 amide bonds. The summed E-state index contributed by atoms with van der Waals surface area (Å²) < 4.78 is 0. The van der Waals surface area contributed by atoms with E-state index in [-0.39, 0.29) is 0 Å². The van der Waals surface area contributed by atoms with Gasteiger partial charge in [-0.05, 0) is 79.6 Å². The lowest BCUT2D eigenvalue weighted by Gasteiger charge is -2.29. The molecule has 2 nitrogen and oxygen atoms in total. The molecule has 0 N–H and O–H groups in total. The molecular formula is C13H22N2. The maximum Gasteiger partial charge on any atom is 0.0506 e. The van der Waals surface area contributed by atoms with Crippen LogP contribution in [0.4, 0.5) is 0 Å². The van der Waals surface area contributed by atoms with Gasteiger partial charge in [0, 0.05) is 0 Å². The fourth-order valence-corrected chi connectivity index (χ4v) is 1.52. The summed E-state index contributed by atoms with van der Waals surface area (Å²) in [6, 6.07) is 0. The first-order chi connectivity index (χ1) is 7.28. The summed E-state index contributed by atoms with van der Waals surface area (Å²) in [4.78, 5) is 4.46. The van der Waals surface area contributed by atoms with Gasteiger partial charge in [-0.25, -0.2) is 0 Å². The molecule has 0 aliphatic rings. The zero-order chi connectivity index (χ0) is 11.5. The van der Waals surface area contributed by atoms with E-state index in [2.05, 4.69) is 9.80 Å². The SMILES string of the molecule is [CH]CCN(CC[CH])CN(CC[CH])CC[CH]. The van der Waals surface area contributed by atoms with E-state index in [4.69, 9.17) is 27.7 Å². The fraction of sp³-hybridized carbons (Fsp3) is 0.692. The molecule has 0 aromatic carbocycles. The average Bonchev–Trinajstić information content (AvgIpc) is 2.19. The highest BCUT2D eigenvalue weighted by Crippen LogP contribution is 2.00. The van der Waals surface area contributed by atoms with Crippen molar-refractivity contribution in [3.63, 3.8) is 0 Å². The van der Waals surface area contributed by atoms with Crippen LogP contribution in [-0.2, 0) is 0 Å². The van der Waals surface area contributed by atoms with Crippen molar-refractivity contribution in [3.8, 4) is 0 Å². The van der Waals surface area contributed by atoms with E-state index in [9.17, 15) is 0 Å². The second-order valence-electron chi connectivity index (χ2n) is 3.53. The van der Waals surface area contributed by atoms with Crippen LogP contribution >= 0.6 is 0 Å². The Kier molecular flexibility index (Phi) is 10.4. The molecule has 0 aromatic heterocycles. The molecular weight excluding hydrogens is 184 g/mol. The Morgan fingerprint density at radius 2 is 0.800 bits per heavy atom. The van der Waals surface area contributed by atoms with Crippen LogP contribution < -0.4 is 0 Å². The Hall–Kier alpha value is -0.0800. The van der Waals surface area contributed by atoms with Crippen LogP contribution in [0.3, 0.4) is 0 Å². The van der Waals surface area contributed by atoms with Gasteiger partial charge in [0.2, 0.25) is 0 Å². The van der Waals surface area contributed by atoms with E-state index in [1.165, 1.54) is 0 Å². The maximum absolute atomic E-state index is 5.53. The molecule has 0 aliphatic carbocycles. The van der Waals surface area contributed by atoms with E-state index in [0.717, 1.165) is 32.8 Å². The van der Waals surface area contributed by atoms with Crippen molar-refractivity contribution in [2.45, 2.75) is 25.7 Å². The van der Waals surface area contributed by atoms with Gasteiger partial charge < -0.3 is 0 Å². The first-order valence-electron chi connectivity index (χ1n) is 5.53. The van der Waals surface area contributed by atoms with Crippen LogP contribution in [0.2, 0.25) is 0 Å². The van der Waals surface area contributed by atoms with E-state index in [0.29, 0.717) is 25.7 Å². The highest BCUT2D eigenvalue weighted by molar-refractivity contribution is 4.64. The largest absolute Gasteiger partial charge is 0.290 e. The fourth-order valence-electron chi connectivity index (χ4n) is 1.52. The van der Waals surface area contributed by atoms with Crippen molar-refractivity contribution in [3.05, 3.63) is 27.7 Å². The van der Waals surface area contributed by atoms with Crippen molar-refractivity contribution in [2.75, 3.05) is 32.8 Å². The summed E-state index contributed by atoms with van der Waals surface area (Å²) in [6.07, 6.45) is 2.61. The summed E-state index contributed by atoms with van der Waals surface area (Å²) in [5, 5.41) is 0. The highest BCUT2D eigenvalue weighted by Gasteiger charge is 2.08. The van der Waals surface area contributed by atoms with Gasteiger partial charge in [-0.15, -0.1) is 0 Å². The second kappa shape index (κ2) is 10.4. The summed E-state index contributed by atoms with van der Waals surface area (Å²) in [6.45, 7) is 26.4. The number of hydrogen-bond donors (Lipinski definition) is 0. The molecule has 84 valence electrons. The van der Waals surface area contributed by atoms with Gasteiger partial charge in [-0.3, -0.25) is 9.80 Å². The molecule has 0 heterocycles. The molecule has 0 spiro atoms. The van der Waals surface area contributed by atoms with Crippen molar-refractivity contribution in [1.29, 1.82) is 0 Å². The summed E-state index contributed by atoms with van der Waals surface area (Å²) in [7, 11) is 0. The third-order valence-corrected chi connectivity index (χ3v) is 2.18. The molecule has 0 saturated heterocycles. The van der Waals surface area contributed by atoms with Crippen LogP contribution in [0, 0.1) is 27.7 Å². The quantitative estimate of drug-likeness (QED) is 0.504. The number of rotatable bonds is 10. The predicted molar refractivity (Wildman–Crippen MR) is 63.7 cm³/mol. The van der Waals surface area contributed by atoms with Gasteiger partial charge in [-0.1, -0.05) is 0 Å². The van der Waals surface area contributed by atoms with Gasteiger partial charge in [0.15, 0.2) is 0 Å². The molecule has 0 saturated carbocycles. The molecule has 15 heavy (non-hydrogen) atoms. The molecule has 8 radical (unpaired) electrons. The second-order valence-corrected chi connectivity index (χ2v) is 3.53. The van der Waals surface area contributed by atoms with Gasteiger partial charge >= 0.3 is 0 Å². The molecule has 0 aromatic rings. The van der Waals surface area contributed by atoms with Crippen molar-refractivity contribution >= 4 is 0 Å². The highest BCUT2D eigenvalue weighted by atomic mass is 15.3. The minimum Gasteiger partial charge on any atom is -0.290 e. The zero-order valence-electron chi connectivity index (χ0n) is 9.57. The lowest BCUT2D eigenvalue weighted by atomic mass is 10.3. The van der Waals surface area contributed by atoms with Crippen molar-refractivity contribution in [2.24, 2.45) is 0 Å². The van der Waals surface area contributed by atoms with E-state index < -0.39 is 0 Å². The first-order valence-corrected chi connectivity index (χ1v) is 5.53. The van der Waals surface area contributed by atoms with Crippen LogP contribution in [0.25, 0.3) is 0 Å². The zero-order valence-corrected chi connectivity index (χ0v) is 9.57. The van der Waals surface area contributed by atoms with Gasteiger partial charge in [0.05, 0.1) is 6.67 Å². The molecule has 0 aliphatic heterocycles. The smallest absolute Gasteiger partial charge is 0.0506 e. The summed E-state index contributed by atoms with van der Waals surface area (Å²) in [5.41, 5.74) is 0. The van der Waals surface area contributed by atoms with Gasteiger partial charge in [-0.2, -0.15) is 0 Å². The predicted octanol–water partition coefficient (Wildman–Crippen LogP) is 1.95. The number of hydrogen-bond acceptors (Lipinski definition) is 2. The monoisotopic (exact) mass is 206 g/mol. The first kappa shape index (κ1) is 14.9. The molecule has 0 bridgehead atoms.